The minimum atomic E-state index is 0.926. The number of hydrogen-bond acceptors (Lipinski definition) is 1. The Balaban J connectivity index is 1.54. The molecule has 0 bridgehead atoms. The van der Waals surface area contributed by atoms with Crippen molar-refractivity contribution >= 4 is 26.8 Å². The Hall–Kier alpha value is -0.800. The van der Waals surface area contributed by atoms with Crippen LogP contribution in [0.15, 0.2) is 34.9 Å². The molecule has 2 aromatic rings. The molecule has 3 rings (SSSR count). The molecule has 1 fully saturated rings. The predicted octanol–water partition coefficient (Wildman–Crippen LogP) is 4.18. The highest BCUT2D eigenvalue weighted by molar-refractivity contribution is 9.10. The number of fused-ring (bicyclic) bond motifs is 1. The lowest BCUT2D eigenvalue weighted by molar-refractivity contribution is 0.478. The Bertz CT molecular complexity index is 541. The van der Waals surface area contributed by atoms with Crippen LogP contribution >= 0.6 is 15.9 Å². The lowest BCUT2D eigenvalue weighted by atomic mass is 10.1. The van der Waals surface area contributed by atoms with E-state index < -0.39 is 0 Å². The van der Waals surface area contributed by atoms with Gasteiger partial charge >= 0.3 is 0 Å². The van der Waals surface area contributed by atoms with E-state index in [1.54, 1.807) is 0 Å². The zero-order valence-electron chi connectivity index (χ0n) is 11.2. The smallest absolute Gasteiger partial charge is 0.0492 e. The molecule has 0 atom stereocenters. The molecule has 2 nitrogen and oxygen atoms in total. The van der Waals surface area contributed by atoms with Gasteiger partial charge in [0.15, 0.2) is 0 Å². The highest BCUT2D eigenvalue weighted by Crippen LogP contribution is 2.23. The van der Waals surface area contributed by atoms with Crippen molar-refractivity contribution in [3.05, 3.63) is 34.9 Å². The van der Waals surface area contributed by atoms with Crippen LogP contribution in [0, 0.1) is 5.92 Å². The summed E-state index contributed by atoms with van der Waals surface area (Å²) in [6.45, 7) is 3.31. The second-order valence-electron chi connectivity index (χ2n) is 5.57. The predicted molar refractivity (Wildman–Crippen MR) is 84.5 cm³/mol. The molecule has 1 aliphatic carbocycles. The van der Waals surface area contributed by atoms with Gasteiger partial charge in [-0.25, -0.2) is 0 Å². The average molecular weight is 321 g/mol. The molecule has 102 valence electrons. The van der Waals surface area contributed by atoms with E-state index in [2.05, 4.69) is 56.3 Å². The second-order valence-corrected chi connectivity index (χ2v) is 6.48. The number of rotatable bonds is 5. The van der Waals surface area contributed by atoms with Gasteiger partial charge in [0.05, 0.1) is 0 Å². The van der Waals surface area contributed by atoms with Crippen LogP contribution in [0.25, 0.3) is 10.9 Å². The van der Waals surface area contributed by atoms with Gasteiger partial charge in [0.1, 0.15) is 0 Å². The first-order valence-electron chi connectivity index (χ1n) is 7.28. The fourth-order valence-corrected chi connectivity index (χ4v) is 3.42. The molecule has 1 N–H and O–H groups in total. The van der Waals surface area contributed by atoms with Gasteiger partial charge < -0.3 is 9.88 Å². The van der Waals surface area contributed by atoms with Gasteiger partial charge in [-0.1, -0.05) is 34.8 Å². The molecule has 19 heavy (non-hydrogen) atoms. The van der Waals surface area contributed by atoms with Crippen LogP contribution in [-0.4, -0.2) is 17.7 Å². The monoisotopic (exact) mass is 320 g/mol. The van der Waals surface area contributed by atoms with Crippen LogP contribution in [0.4, 0.5) is 0 Å². The first kappa shape index (κ1) is 13.2. The van der Waals surface area contributed by atoms with Crippen LogP contribution in [0.3, 0.4) is 0 Å². The highest BCUT2D eigenvalue weighted by atomic mass is 79.9. The molecule has 3 heteroatoms. The molecular weight excluding hydrogens is 300 g/mol. The molecule has 0 saturated heterocycles. The SMILES string of the molecule is Brc1ccc2ccn(CCNCC3CCCC3)c2c1. The van der Waals surface area contributed by atoms with Crippen LogP contribution < -0.4 is 5.32 Å². The van der Waals surface area contributed by atoms with Crippen molar-refractivity contribution in [3.63, 3.8) is 0 Å². The Morgan fingerprint density at radius 1 is 1.21 bits per heavy atom. The van der Waals surface area contributed by atoms with Crippen molar-refractivity contribution in [2.45, 2.75) is 32.2 Å². The van der Waals surface area contributed by atoms with Crippen molar-refractivity contribution in [1.82, 2.24) is 9.88 Å². The summed E-state index contributed by atoms with van der Waals surface area (Å²) in [5, 5.41) is 4.93. The summed E-state index contributed by atoms with van der Waals surface area (Å²) in [5.41, 5.74) is 1.32. The first-order chi connectivity index (χ1) is 9.33. The number of hydrogen-bond donors (Lipinski definition) is 1. The van der Waals surface area contributed by atoms with Crippen molar-refractivity contribution in [2.24, 2.45) is 5.92 Å². The standard InChI is InChI=1S/C16H21BrN2/c17-15-6-5-14-7-9-19(16(14)11-15)10-8-18-12-13-3-1-2-4-13/h5-7,9,11,13,18H,1-4,8,10,12H2. The van der Waals surface area contributed by atoms with E-state index in [-0.39, 0.29) is 0 Å². The fourth-order valence-electron chi connectivity index (χ4n) is 3.07. The van der Waals surface area contributed by atoms with E-state index in [1.807, 2.05) is 0 Å². The molecular formula is C16H21BrN2. The minimum absolute atomic E-state index is 0.926. The van der Waals surface area contributed by atoms with E-state index in [1.165, 1.54) is 43.1 Å². The van der Waals surface area contributed by atoms with E-state index in [0.29, 0.717) is 0 Å². The molecule has 0 amide bonds. The Morgan fingerprint density at radius 3 is 2.89 bits per heavy atom. The zero-order chi connectivity index (χ0) is 13.1. The normalized spacial score (nSPS) is 16.5. The number of benzene rings is 1. The summed E-state index contributed by atoms with van der Waals surface area (Å²) in [7, 11) is 0. The third-order valence-corrected chi connectivity index (χ3v) is 4.67. The van der Waals surface area contributed by atoms with Crippen LogP contribution in [0.2, 0.25) is 0 Å². The highest BCUT2D eigenvalue weighted by Gasteiger charge is 2.13. The number of nitrogens with one attached hydrogen (secondary N) is 1. The summed E-state index contributed by atoms with van der Waals surface area (Å²) >= 11 is 3.55. The number of nitrogens with zero attached hydrogens (tertiary/aromatic N) is 1. The summed E-state index contributed by atoms with van der Waals surface area (Å²) in [4.78, 5) is 0. The lowest BCUT2D eigenvalue weighted by Gasteiger charge is -2.11. The van der Waals surface area contributed by atoms with Crippen LogP contribution in [-0.2, 0) is 6.54 Å². The number of halogens is 1. The summed E-state index contributed by atoms with van der Waals surface area (Å²) in [6, 6.07) is 8.66. The van der Waals surface area contributed by atoms with E-state index in [9.17, 15) is 0 Å². The Kier molecular flexibility index (Phi) is 4.24. The van der Waals surface area contributed by atoms with E-state index >= 15 is 0 Å². The van der Waals surface area contributed by atoms with Crippen LogP contribution in [0.1, 0.15) is 25.7 Å². The van der Waals surface area contributed by atoms with Gasteiger partial charge in [0.2, 0.25) is 0 Å². The van der Waals surface area contributed by atoms with Crippen molar-refractivity contribution in [3.8, 4) is 0 Å². The zero-order valence-corrected chi connectivity index (χ0v) is 12.8. The summed E-state index contributed by atoms with van der Waals surface area (Å²) in [5.74, 6) is 0.926. The van der Waals surface area contributed by atoms with Gasteiger partial charge in [-0.2, -0.15) is 0 Å². The van der Waals surface area contributed by atoms with Gasteiger partial charge in [-0.15, -0.1) is 0 Å². The molecule has 1 heterocycles. The topological polar surface area (TPSA) is 17.0 Å². The largest absolute Gasteiger partial charge is 0.346 e. The summed E-state index contributed by atoms with van der Waals surface area (Å²) in [6.07, 6.45) is 7.90. The molecule has 0 aliphatic heterocycles. The van der Waals surface area contributed by atoms with E-state index in [0.717, 1.165) is 23.5 Å². The fraction of sp³-hybridized carbons (Fsp3) is 0.500. The van der Waals surface area contributed by atoms with Crippen molar-refractivity contribution in [1.29, 1.82) is 0 Å². The van der Waals surface area contributed by atoms with Gasteiger partial charge in [0.25, 0.3) is 0 Å². The maximum atomic E-state index is 3.61. The molecule has 0 spiro atoms. The van der Waals surface area contributed by atoms with Gasteiger partial charge in [-0.05, 0) is 48.9 Å². The average Bonchev–Trinajstić information content (AvgIpc) is 3.04. The van der Waals surface area contributed by atoms with Gasteiger partial charge in [0, 0.05) is 29.3 Å². The Labute approximate surface area is 123 Å². The van der Waals surface area contributed by atoms with Crippen molar-refractivity contribution in [2.75, 3.05) is 13.1 Å². The van der Waals surface area contributed by atoms with Crippen LogP contribution in [0.5, 0.6) is 0 Å². The van der Waals surface area contributed by atoms with Crippen molar-refractivity contribution < 1.29 is 0 Å². The quantitative estimate of drug-likeness (QED) is 0.818. The molecule has 1 aromatic carbocycles. The maximum absolute atomic E-state index is 3.61. The molecule has 0 unspecified atom stereocenters. The first-order valence-corrected chi connectivity index (χ1v) is 8.07. The molecule has 0 radical (unpaired) electrons. The Morgan fingerprint density at radius 2 is 2.05 bits per heavy atom. The minimum Gasteiger partial charge on any atom is -0.346 e. The second kappa shape index (κ2) is 6.10. The summed E-state index contributed by atoms with van der Waals surface area (Å²) < 4.78 is 3.49. The lowest BCUT2D eigenvalue weighted by Crippen LogP contribution is -2.25. The maximum Gasteiger partial charge on any atom is 0.0492 e. The van der Waals surface area contributed by atoms with E-state index in [4.69, 9.17) is 0 Å². The molecule has 1 aromatic heterocycles. The third-order valence-electron chi connectivity index (χ3n) is 4.17. The number of aromatic nitrogens is 1. The van der Waals surface area contributed by atoms with Gasteiger partial charge in [-0.3, -0.25) is 0 Å². The third kappa shape index (κ3) is 3.21. The molecule has 1 saturated carbocycles. The molecule has 1 aliphatic rings.